The van der Waals surface area contributed by atoms with Gasteiger partial charge in [0.05, 0.1) is 0 Å². The topological polar surface area (TPSA) is 62.3 Å². The van der Waals surface area contributed by atoms with Gasteiger partial charge in [0.2, 0.25) is 5.91 Å². The van der Waals surface area contributed by atoms with Crippen molar-refractivity contribution in [2.45, 2.75) is 39.8 Å². The molecule has 0 saturated heterocycles. The number of rotatable bonds is 6. The fourth-order valence-electron chi connectivity index (χ4n) is 3.00. The molecule has 1 aliphatic carbocycles. The van der Waals surface area contributed by atoms with Gasteiger partial charge in [0, 0.05) is 42.1 Å². The standard InChI is InChI=1S/C21H25N3O2/c1-14(2)24(13-16-6-5-9-22-12-16)21(26)17-7-4-8-18(11-17)23-20(25)19-10-15(19)3/h4-9,11-12,14-15,19H,10,13H2,1-3H3,(H,23,25)/t15-,19+/m0/s1. The molecule has 1 aromatic carbocycles. The zero-order chi connectivity index (χ0) is 18.7. The highest BCUT2D eigenvalue weighted by Gasteiger charge is 2.39. The van der Waals surface area contributed by atoms with Crippen molar-refractivity contribution in [2.24, 2.45) is 11.8 Å². The zero-order valence-corrected chi connectivity index (χ0v) is 15.5. The fourth-order valence-corrected chi connectivity index (χ4v) is 3.00. The third-order valence-electron chi connectivity index (χ3n) is 4.78. The molecule has 26 heavy (non-hydrogen) atoms. The van der Waals surface area contributed by atoms with Crippen LogP contribution in [-0.2, 0) is 11.3 Å². The molecule has 2 amide bonds. The molecule has 0 aliphatic heterocycles. The number of aromatic nitrogens is 1. The van der Waals surface area contributed by atoms with Crippen LogP contribution in [0, 0.1) is 11.8 Å². The summed E-state index contributed by atoms with van der Waals surface area (Å²) in [6.07, 6.45) is 4.44. The molecule has 2 aromatic rings. The molecule has 2 atom stereocenters. The third kappa shape index (κ3) is 4.28. The van der Waals surface area contributed by atoms with E-state index in [1.807, 2.05) is 38.1 Å². The van der Waals surface area contributed by atoms with E-state index in [-0.39, 0.29) is 23.8 Å². The summed E-state index contributed by atoms with van der Waals surface area (Å²) in [7, 11) is 0. The van der Waals surface area contributed by atoms with Gasteiger partial charge in [-0.05, 0) is 56.0 Å². The Morgan fingerprint density at radius 2 is 2.04 bits per heavy atom. The van der Waals surface area contributed by atoms with Gasteiger partial charge in [0.1, 0.15) is 0 Å². The molecular formula is C21H25N3O2. The lowest BCUT2D eigenvalue weighted by Gasteiger charge is -2.27. The van der Waals surface area contributed by atoms with Crippen molar-refractivity contribution in [1.82, 2.24) is 9.88 Å². The summed E-state index contributed by atoms with van der Waals surface area (Å²) in [6, 6.07) is 11.1. The van der Waals surface area contributed by atoms with Crippen molar-refractivity contribution in [1.29, 1.82) is 0 Å². The Balaban J connectivity index is 1.74. The quantitative estimate of drug-likeness (QED) is 0.862. The van der Waals surface area contributed by atoms with Crippen LogP contribution in [0.2, 0.25) is 0 Å². The number of amides is 2. The van der Waals surface area contributed by atoms with Gasteiger partial charge in [-0.1, -0.05) is 19.1 Å². The second kappa shape index (κ2) is 7.68. The van der Waals surface area contributed by atoms with Gasteiger partial charge in [-0.15, -0.1) is 0 Å². The van der Waals surface area contributed by atoms with E-state index in [0.29, 0.717) is 23.7 Å². The van der Waals surface area contributed by atoms with Crippen LogP contribution in [-0.4, -0.2) is 27.7 Å². The van der Waals surface area contributed by atoms with Gasteiger partial charge in [0.15, 0.2) is 0 Å². The minimum atomic E-state index is -0.0558. The highest BCUT2D eigenvalue weighted by molar-refractivity contribution is 5.98. The van der Waals surface area contributed by atoms with Crippen LogP contribution in [0.25, 0.3) is 0 Å². The van der Waals surface area contributed by atoms with Crippen molar-refractivity contribution < 1.29 is 9.59 Å². The molecule has 5 nitrogen and oxygen atoms in total. The molecular weight excluding hydrogens is 326 g/mol. The number of pyridine rings is 1. The molecule has 1 saturated carbocycles. The van der Waals surface area contributed by atoms with Crippen LogP contribution >= 0.6 is 0 Å². The van der Waals surface area contributed by atoms with Crippen LogP contribution in [0.5, 0.6) is 0 Å². The van der Waals surface area contributed by atoms with Crippen molar-refractivity contribution in [3.8, 4) is 0 Å². The SMILES string of the molecule is CC(C)N(Cc1cccnc1)C(=O)c1cccc(NC(=O)[C@@H]2C[C@@H]2C)c1. The lowest BCUT2D eigenvalue weighted by molar-refractivity contribution is -0.117. The molecule has 136 valence electrons. The summed E-state index contributed by atoms with van der Waals surface area (Å²) < 4.78 is 0. The molecule has 5 heteroatoms. The first-order chi connectivity index (χ1) is 12.5. The highest BCUT2D eigenvalue weighted by Crippen LogP contribution is 2.38. The van der Waals surface area contributed by atoms with Gasteiger partial charge in [-0.2, -0.15) is 0 Å². The highest BCUT2D eigenvalue weighted by atomic mass is 16.2. The number of benzene rings is 1. The lowest BCUT2D eigenvalue weighted by atomic mass is 10.1. The molecule has 1 aromatic heterocycles. The normalized spacial score (nSPS) is 18.5. The van der Waals surface area contributed by atoms with Gasteiger partial charge in [-0.25, -0.2) is 0 Å². The molecule has 0 unspecified atom stereocenters. The molecule has 1 N–H and O–H groups in total. The molecule has 3 rings (SSSR count). The molecule has 1 heterocycles. The number of nitrogens with zero attached hydrogens (tertiary/aromatic N) is 2. The Bertz CT molecular complexity index is 789. The Kier molecular flexibility index (Phi) is 5.35. The van der Waals surface area contributed by atoms with Crippen molar-refractivity contribution in [3.05, 3.63) is 59.9 Å². The van der Waals surface area contributed by atoms with E-state index in [4.69, 9.17) is 0 Å². The fraction of sp³-hybridized carbons (Fsp3) is 0.381. The van der Waals surface area contributed by atoms with Crippen molar-refractivity contribution >= 4 is 17.5 Å². The Labute approximate surface area is 154 Å². The summed E-state index contributed by atoms with van der Waals surface area (Å²) >= 11 is 0. The van der Waals surface area contributed by atoms with Gasteiger partial charge in [-0.3, -0.25) is 14.6 Å². The average molecular weight is 351 g/mol. The summed E-state index contributed by atoms with van der Waals surface area (Å²) in [6.45, 7) is 6.56. The van der Waals surface area contributed by atoms with Gasteiger partial charge < -0.3 is 10.2 Å². The third-order valence-corrected chi connectivity index (χ3v) is 4.78. The molecule has 1 fully saturated rings. The molecule has 0 spiro atoms. The number of carbonyl (C=O) groups excluding carboxylic acids is 2. The molecule has 0 bridgehead atoms. The van der Waals surface area contributed by atoms with Crippen molar-refractivity contribution in [3.63, 3.8) is 0 Å². The maximum Gasteiger partial charge on any atom is 0.254 e. The predicted octanol–water partition coefficient (Wildman–Crippen LogP) is 3.73. The Morgan fingerprint density at radius 1 is 1.27 bits per heavy atom. The first-order valence-electron chi connectivity index (χ1n) is 9.06. The van der Waals surface area contributed by atoms with Crippen LogP contribution in [0.4, 0.5) is 5.69 Å². The minimum Gasteiger partial charge on any atom is -0.332 e. The van der Waals surface area contributed by atoms with Crippen LogP contribution in [0.15, 0.2) is 48.8 Å². The van der Waals surface area contributed by atoms with E-state index < -0.39 is 0 Å². The Morgan fingerprint density at radius 3 is 2.65 bits per heavy atom. The van der Waals surface area contributed by atoms with E-state index in [1.54, 1.807) is 29.4 Å². The van der Waals surface area contributed by atoms with Gasteiger partial charge >= 0.3 is 0 Å². The monoisotopic (exact) mass is 351 g/mol. The van der Waals surface area contributed by atoms with E-state index >= 15 is 0 Å². The minimum absolute atomic E-state index is 0.0400. The Hall–Kier alpha value is -2.69. The average Bonchev–Trinajstić information content (AvgIpc) is 3.37. The first kappa shape index (κ1) is 18.1. The maximum atomic E-state index is 13.0. The largest absolute Gasteiger partial charge is 0.332 e. The van der Waals surface area contributed by atoms with Gasteiger partial charge in [0.25, 0.3) is 5.91 Å². The summed E-state index contributed by atoms with van der Waals surface area (Å²) in [4.78, 5) is 31.1. The van der Waals surface area contributed by atoms with E-state index in [2.05, 4.69) is 17.2 Å². The lowest BCUT2D eigenvalue weighted by Crippen LogP contribution is -2.36. The molecule has 1 aliphatic rings. The first-order valence-corrected chi connectivity index (χ1v) is 9.06. The predicted molar refractivity (Wildman–Crippen MR) is 102 cm³/mol. The van der Waals surface area contributed by atoms with E-state index in [1.165, 1.54) is 0 Å². The number of carbonyl (C=O) groups is 2. The second-order valence-electron chi connectivity index (χ2n) is 7.28. The maximum absolute atomic E-state index is 13.0. The van der Waals surface area contributed by atoms with Crippen LogP contribution < -0.4 is 5.32 Å². The van der Waals surface area contributed by atoms with Crippen LogP contribution in [0.1, 0.15) is 43.1 Å². The summed E-state index contributed by atoms with van der Waals surface area (Å²) in [5.41, 5.74) is 2.23. The smallest absolute Gasteiger partial charge is 0.254 e. The number of hydrogen-bond donors (Lipinski definition) is 1. The summed E-state index contributed by atoms with van der Waals surface area (Å²) in [5.74, 6) is 0.542. The summed E-state index contributed by atoms with van der Waals surface area (Å²) in [5, 5.41) is 2.93. The van der Waals surface area contributed by atoms with E-state index in [0.717, 1.165) is 12.0 Å². The number of nitrogens with one attached hydrogen (secondary N) is 1. The second-order valence-corrected chi connectivity index (χ2v) is 7.28. The van der Waals surface area contributed by atoms with Crippen molar-refractivity contribution in [2.75, 3.05) is 5.32 Å². The molecule has 0 radical (unpaired) electrons. The number of hydrogen-bond acceptors (Lipinski definition) is 3. The zero-order valence-electron chi connectivity index (χ0n) is 15.5. The van der Waals surface area contributed by atoms with Crippen LogP contribution in [0.3, 0.4) is 0 Å². The van der Waals surface area contributed by atoms with E-state index in [9.17, 15) is 9.59 Å². The number of anilines is 1.